The average molecular weight is 266 g/mol. The van der Waals surface area contributed by atoms with E-state index in [1.54, 1.807) is 18.9 Å². The van der Waals surface area contributed by atoms with Crippen LogP contribution in [0.2, 0.25) is 0 Å². The summed E-state index contributed by atoms with van der Waals surface area (Å²) in [7, 11) is 1.70. The molecule has 1 heterocycles. The SMILES string of the molecule is Cc1nc(CN(C)C(=O)C2CCC(C(=O)O)C2)n[nH]1. The summed E-state index contributed by atoms with van der Waals surface area (Å²) in [5, 5.41) is 15.7. The number of nitrogens with one attached hydrogen (secondary N) is 1. The first-order valence-corrected chi connectivity index (χ1v) is 6.33. The lowest BCUT2D eigenvalue weighted by Gasteiger charge is -2.19. The lowest BCUT2D eigenvalue weighted by Crippen LogP contribution is -2.32. The molecule has 2 atom stereocenters. The minimum atomic E-state index is -0.803. The van der Waals surface area contributed by atoms with E-state index >= 15 is 0 Å². The Balaban J connectivity index is 1.91. The fraction of sp³-hybridized carbons (Fsp3) is 0.667. The number of aryl methyl sites for hydroxylation is 1. The van der Waals surface area contributed by atoms with Crippen molar-refractivity contribution in [3.05, 3.63) is 11.6 Å². The van der Waals surface area contributed by atoms with Crippen molar-refractivity contribution in [1.29, 1.82) is 0 Å². The lowest BCUT2D eigenvalue weighted by molar-refractivity contribution is -0.141. The highest BCUT2D eigenvalue weighted by molar-refractivity contribution is 5.80. The summed E-state index contributed by atoms with van der Waals surface area (Å²) in [5.74, 6) is -0.114. The number of hydrogen-bond acceptors (Lipinski definition) is 4. The van der Waals surface area contributed by atoms with Gasteiger partial charge in [0.05, 0.1) is 12.5 Å². The molecule has 1 aliphatic rings. The van der Waals surface area contributed by atoms with Crippen LogP contribution in [0.25, 0.3) is 0 Å². The number of nitrogens with zero attached hydrogens (tertiary/aromatic N) is 3. The number of carbonyl (C=O) groups is 2. The molecule has 0 spiro atoms. The van der Waals surface area contributed by atoms with Gasteiger partial charge in [-0.1, -0.05) is 0 Å². The van der Waals surface area contributed by atoms with Gasteiger partial charge in [-0.3, -0.25) is 14.7 Å². The van der Waals surface area contributed by atoms with Crippen LogP contribution in [-0.4, -0.2) is 44.1 Å². The predicted octanol–water partition coefficient (Wildman–Crippen LogP) is 0.572. The third kappa shape index (κ3) is 3.10. The number of aromatic nitrogens is 3. The second-order valence-electron chi connectivity index (χ2n) is 5.08. The van der Waals surface area contributed by atoms with E-state index in [1.165, 1.54) is 0 Å². The standard InChI is InChI=1S/C12H18N4O3/c1-7-13-10(15-14-7)6-16(2)11(17)8-3-4-9(5-8)12(18)19/h8-9H,3-6H2,1-2H3,(H,18,19)(H,13,14,15). The number of carbonyl (C=O) groups excluding carboxylic acids is 1. The maximum atomic E-state index is 12.2. The van der Waals surface area contributed by atoms with Crippen molar-refractivity contribution in [2.24, 2.45) is 11.8 Å². The first kappa shape index (κ1) is 13.5. The van der Waals surface area contributed by atoms with E-state index in [4.69, 9.17) is 5.11 Å². The van der Waals surface area contributed by atoms with E-state index in [9.17, 15) is 9.59 Å². The topological polar surface area (TPSA) is 99.2 Å². The maximum absolute atomic E-state index is 12.2. The van der Waals surface area contributed by atoms with Gasteiger partial charge in [0, 0.05) is 13.0 Å². The summed E-state index contributed by atoms with van der Waals surface area (Å²) < 4.78 is 0. The summed E-state index contributed by atoms with van der Waals surface area (Å²) >= 11 is 0. The van der Waals surface area contributed by atoms with Gasteiger partial charge in [0.1, 0.15) is 5.82 Å². The highest BCUT2D eigenvalue weighted by Crippen LogP contribution is 2.32. The van der Waals surface area contributed by atoms with Crippen LogP contribution in [0.15, 0.2) is 0 Å². The van der Waals surface area contributed by atoms with Crippen molar-refractivity contribution in [1.82, 2.24) is 20.1 Å². The van der Waals surface area contributed by atoms with Gasteiger partial charge < -0.3 is 10.0 Å². The van der Waals surface area contributed by atoms with Crippen molar-refractivity contribution in [2.45, 2.75) is 32.7 Å². The van der Waals surface area contributed by atoms with Crippen molar-refractivity contribution in [2.75, 3.05) is 7.05 Å². The van der Waals surface area contributed by atoms with E-state index in [1.807, 2.05) is 0 Å². The van der Waals surface area contributed by atoms with Gasteiger partial charge in [-0.25, -0.2) is 4.98 Å². The Bertz CT molecular complexity index is 485. The Hall–Kier alpha value is -1.92. The molecule has 2 N–H and O–H groups in total. The molecule has 0 aromatic carbocycles. The summed E-state index contributed by atoms with van der Waals surface area (Å²) in [5.41, 5.74) is 0. The molecule has 7 nitrogen and oxygen atoms in total. The highest BCUT2D eigenvalue weighted by Gasteiger charge is 2.35. The molecular weight excluding hydrogens is 248 g/mol. The molecule has 1 aliphatic carbocycles. The van der Waals surface area contributed by atoms with Crippen LogP contribution in [-0.2, 0) is 16.1 Å². The molecule has 104 valence electrons. The summed E-state index contributed by atoms with van der Waals surface area (Å²) in [6.45, 7) is 2.14. The third-order valence-corrected chi connectivity index (χ3v) is 3.53. The molecule has 1 saturated carbocycles. The van der Waals surface area contributed by atoms with Crippen molar-refractivity contribution in [3.8, 4) is 0 Å². The van der Waals surface area contributed by atoms with Crippen molar-refractivity contribution >= 4 is 11.9 Å². The van der Waals surface area contributed by atoms with Crippen molar-refractivity contribution < 1.29 is 14.7 Å². The fourth-order valence-electron chi connectivity index (χ4n) is 2.49. The largest absolute Gasteiger partial charge is 0.481 e. The van der Waals surface area contributed by atoms with Crippen LogP contribution in [0.4, 0.5) is 0 Å². The molecule has 0 radical (unpaired) electrons. The van der Waals surface area contributed by atoms with Crippen LogP contribution in [0, 0.1) is 18.8 Å². The zero-order valence-corrected chi connectivity index (χ0v) is 11.1. The van der Waals surface area contributed by atoms with E-state index < -0.39 is 5.97 Å². The van der Waals surface area contributed by atoms with Crippen LogP contribution < -0.4 is 0 Å². The maximum Gasteiger partial charge on any atom is 0.306 e. The van der Waals surface area contributed by atoms with E-state index in [0.29, 0.717) is 37.5 Å². The third-order valence-electron chi connectivity index (χ3n) is 3.53. The molecule has 7 heteroatoms. The zero-order valence-electron chi connectivity index (χ0n) is 11.1. The highest BCUT2D eigenvalue weighted by atomic mass is 16.4. The van der Waals surface area contributed by atoms with Gasteiger partial charge in [-0.2, -0.15) is 5.10 Å². The van der Waals surface area contributed by atoms with Gasteiger partial charge in [-0.15, -0.1) is 0 Å². The Morgan fingerprint density at radius 2 is 2.11 bits per heavy atom. The number of hydrogen-bond donors (Lipinski definition) is 2. The summed E-state index contributed by atoms with van der Waals surface area (Å²) in [6.07, 6.45) is 1.66. The molecule has 2 rings (SSSR count). The van der Waals surface area contributed by atoms with E-state index in [0.717, 1.165) is 0 Å². The number of aromatic amines is 1. The average Bonchev–Trinajstić information content (AvgIpc) is 2.97. The van der Waals surface area contributed by atoms with E-state index in [-0.39, 0.29) is 17.7 Å². The van der Waals surface area contributed by atoms with Gasteiger partial charge in [-0.05, 0) is 26.2 Å². The Morgan fingerprint density at radius 1 is 1.42 bits per heavy atom. The molecule has 0 aliphatic heterocycles. The second-order valence-corrected chi connectivity index (χ2v) is 5.08. The lowest BCUT2D eigenvalue weighted by atomic mass is 10.0. The number of carboxylic acids is 1. The smallest absolute Gasteiger partial charge is 0.306 e. The monoisotopic (exact) mass is 266 g/mol. The van der Waals surface area contributed by atoms with Crippen LogP contribution in [0.3, 0.4) is 0 Å². The number of carboxylic acid groups (broad SMARTS) is 1. The Kier molecular flexibility index (Phi) is 3.82. The van der Waals surface area contributed by atoms with Gasteiger partial charge in [0.15, 0.2) is 5.82 Å². The minimum absolute atomic E-state index is 0.0220. The van der Waals surface area contributed by atoms with Gasteiger partial charge >= 0.3 is 5.97 Å². The molecule has 1 fully saturated rings. The van der Waals surface area contributed by atoms with Crippen LogP contribution >= 0.6 is 0 Å². The number of aliphatic carboxylic acids is 1. The number of H-pyrrole nitrogens is 1. The zero-order chi connectivity index (χ0) is 14.0. The molecule has 0 saturated heterocycles. The Labute approximate surface area is 111 Å². The molecule has 2 unspecified atom stereocenters. The molecule has 1 aromatic heterocycles. The fourth-order valence-corrected chi connectivity index (χ4v) is 2.49. The Morgan fingerprint density at radius 3 is 2.63 bits per heavy atom. The van der Waals surface area contributed by atoms with Crippen LogP contribution in [0.1, 0.15) is 30.9 Å². The van der Waals surface area contributed by atoms with Gasteiger partial charge in [0.2, 0.25) is 5.91 Å². The normalized spacial score (nSPS) is 22.4. The molecule has 0 bridgehead atoms. The number of rotatable bonds is 4. The molecule has 19 heavy (non-hydrogen) atoms. The quantitative estimate of drug-likeness (QED) is 0.830. The molecular formula is C12H18N4O3. The number of amides is 1. The molecule has 1 aromatic rings. The second kappa shape index (κ2) is 5.38. The van der Waals surface area contributed by atoms with Crippen LogP contribution in [0.5, 0.6) is 0 Å². The summed E-state index contributed by atoms with van der Waals surface area (Å²) in [6, 6.07) is 0. The first-order valence-electron chi connectivity index (χ1n) is 6.33. The summed E-state index contributed by atoms with van der Waals surface area (Å²) in [4.78, 5) is 28.8. The molecule has 1 amide bonds. The van der Waals surface area contributed by atoms with Gasteiger partial charge in [0.25, 0.3) is 0 Å². The van der Waals surface area contributed by atoms with E-state index in [2.05, 4.69) is 15.2 Å². The first-order chi connectivity index (χ1) is 8.97. The predicted molar refractivity (Wildman–Crippen MR) is 66.1 cm³/mol. The van der Waals surface area contributed by atoms with Crippen molar-refractivity contribution in [3.63, 3.8) is 0 Å². The minimum Gasteiger partial charge on any atom is -0.481 e.